The van der Waals surface area contributed by atoms with Crippen LogP contribution in [0.1, 0.15) is 35.7 Å². The van der Waals surface area contributed by atoms with Crippen LogP contribution in [-0.4, -0.2) is 10.1 Å². The minimum atomic E-state index is -0.728. The molecule has 1 N–H and O–H groups in total. The van der Waals surface area contributed by atoms with Crippen molar-refractivity contribution in [1.29, 1.82) is 0 Å². The van der Waals surface area contributed by atoms with E-state index in [0.29, 0.717) is 5.76 Å². The Bertz CT molecular complexity index is 476. The van der Waals surface area contributed by atoms with Crippen LogP contribution in [0.5, 0.6) is 0 Å². The second-order valence-electron chi connectivity index (χ2n) is 3.79. The van der Waals surface area contributed by atoms with Gasteiger partial charge in [0.05, 0.1) is 0 Å². The second-order valence-corrected chi connectivity index (χ2v) is 3.79. The number of hydrogen-bond donors (Lipinski definition) is 1. The first-order chi connectivity index (χ1) is 7.72. The molecule has 0 aromatic carbocycles. The maximum absolute atomic E-state index is 10.1. The van der Waals surface area contributed by atoms with Crippen LogP contribution in [0.4, 0.5) is 0 Å². The van der Waals surface area contributed by atoms with E-state index in [2.05, 4.69) is 4.98 Å². The predicted octanol–water partition coefficient (Wildman–Crippen LogP) is 2.63. The van der Waals surface area contributed by atoms with Crippen LogP contribution in [0.2, 0.25) is 0 Å². The van der Waals surface area contributed by atoms with E-state index in [9.17, 15) is 5.11 Å². The molecule has 2 rings (SSSR count). The normalized spacial score (nSPS) is 12.7. The Morgan fingerprint density at radius 3 is 2.81 bits per heavy atom. The summed E-state index contributed by atoms with van der Waals surface area (Å²) in [6.45, 7) is 3.97. The Hall–Kier alpha value is -1.61. The monoisotopic (exact) mass is 217 g/mol. The molecule has 16 heavy (non-hydrogen) atoms. The van der Waals surface area contributed by atoms with Crippen molar-refractivity contribution in [3.8, 4) is 0 Å². The molecule has 2 aromatic rings. The summed E-state index contributed by atoms with van der Waals surface area (Å²) in [5, 5.41) is 10.1. The molecule has 0 fully saturated rings. The summed E-state index contributed by atoms with van der Waals surface area (Å²) in [5.74, 6) is 1.46. The number of rotatable bonds is 3. The van der Waals surface area contributed by atoms with E-state index < -0.39 is 6.10 Å². The number of nitrogens with zero attached hydrogens (tertiary/aromatic N) is 1. The van der Waals surface area contributed by atoms with Crippen molar-refractivity contribution in [1.82, 2.24) is 4.98 Å². The smallest absolute Gasteiger partial charge is 0.138 e. The van der Waals surface area contributed by atoms with Crippen molar-refractivity contribution in [3.05, 3.63) is 53.2 Å². The number of pyridine rings is 1. The average molecular weight is 217 g/mol. The molecule has 1 unspecified atom stereocenters. The average Bonchev–Trinajstić information content (AvgIpc) is 2.77. The molecule has 2 heterocycles. The Kier molecular flexibility index (Phi) is 3.06. The van der Waals surface area contributed by atoms with Gasteiger partial charge in [-0.25, -0.2) is 0 Å². The molecular weight excluding hydrogens is 202 g/mol. The molecule has 0 bridgehead atoms. The first kappa shape index (κ1) is 10.9. The summed E-state index contributed by atoms with van der Waals surface area (Å²) in [4.78, 5) is 4.02. The first-order valence-electron chi connectivity index (χ1n) is 5.39. The molecule has 0 aliphatic heterocycles. The van der Waals surface area contributed by atoms with Gasteiger partial charge in [0.25, 0.3) is 0 Å². The molecule has 0 saturated heterocycles. The Morgan fingerprint density at radius 1 is 1.38 bits per heavy atom. The van der Waals surface area contributed by atoms with E-state index in [4.69, 9.17) is 4.42 Å². The van der Waals surface area contributed by atoms with Gasteiger partial charge in [-0.3, -0.25) is 4.98 Å². The predicted molar refractivity (Wildman–Crippen MR) is 61.1 cm³/mol. The zero-order valence-corrected chi connectivity index (χ0v) is 9.47. The molecule has 84 valence electrons. The van der Waals surface area contributed by atoms with Gasteiger partial charge < -0.3 is 9.52 Å². The Labute approximate surface area is 94.8 Å². The lowest BCUT2D eigenvalue weighted by molar-refractivity contribution is 0.186. The van der Waals surface area contributed by atoms with Crippen molar-refractivity contribution < 1.29 is 9.52 Å². The fraction of sp³-hybridized carbons (Fsp3) is 0.308. The summed E-state index contributed by atoms with van der Waals surface area (Å²) in [7, 11) is 0. The third kappa shape index (κ3) is 1.99. The van der Waals surface area contributed by atoms with Gasteiger partial charge in [-0.05, 0) is 30.7 Å². The van der Waals surface area contributed by atoms with E-state index in [-0.39, 0.29) is 0 Å². The van der Waals surface area contributed by atoms with Crippen LogP contribution >= 0.6 is 0 Å². The van der Waals surface area contributed by atoms with Gasteiger partial charge in [-0.2, -0.15) is 0 Å². The summed E-state index contributed by atoms with van der Waals surface area (Å²) in [5.41, 5.74) is 1.80. The largest absolute Gasteiger partial charge is 0.463 e. The number of aryl methyl sites for hydroxylation is 2. The van der Waals surface area contributed by atoms with Crippen molar-refractivity contribution in [3.63, 3.8) is 0 Å². The summed E-state index contributed by atoms with van der Waals surface area (Å²) in [6.07, 6.45) is 3.49. The maximum Gasteiger partial charge on any atom is 0.138 e. The standard InChI is InChI=1S/C13H15NO2/c1-3-10-4-5-12(16-10)13(15)11-8-14-7-6-9(11)2/h4-8,13,15H,3H2,1-2H3. The molecule has 3 nitrogen and oxygen atoms in total. The molecule has 0 aliphatic carbocycles. The number of aromatic nitrogens is 1. The minimum Gasteiger partial charge on any atom is -0.463 e. The van der Waals surface area contributed by atoms with E-state index in [1.165, 1.54) is 0 Å². The Morgan fingerprint density at radius 2 is 2.19 bits per heavy atom. The number of hydrogen-bond acceptors (Lipinski definition) is 3. The van der Waals surface area contributed by atoms with Crippen molar-refractivity contribution in [2.24, 2.45) is 0 Å². The van der Waals surface area contributed by atoms with Crippen molar-refractivity contribution in [2.75, 3.05) is 0 Å². The van der Waals surface area contributed by atoms with Crippen molar-refractivity contribution in [2.45, 2.75) is 26.4 Å². The molecule has 0 radical (unpaired) electrons. The lowest BCUT2D eigenvalue weighted by Crippen LogP contribution is -2.01. The summed E-state index contributed by atoms with van der Waals surface area (Å²) < 4.78 is 5.53. The third-order valence-corrected chi connectivity index (χ3v) is 2.67. The zero-order chi connectivity index (χ0) is 11.5. The topological polar surface area (TPSA) is 46.3 Å². The van der Waals surface area contributed by atoms with Gasteiger partial charge in [-0.15, -0.1) is 0 Å². The third-order valence-electron chi connectivity index (χ3n) is 2.67. The van der Waals surface area contributed by atoms with E-state index in [0.717, 1.165) is 23.3 Å². The van der Waals surface area contributed by atoms with E-state index >= 15 is 0 Å². The van der Waals surface area contributed by atoms with Gasteiger partial charge in [-0.1, -0.05) is 6.92 Å². The zero-order valence-electron chi connectivity index (χ0n) is 9.47. The lowest BCUT2D eigenvalue weighted by Gasteiger charge is -2.10. The molecule has 1 atom stereocenters. The van der Waals surface area contributed by atoms with Gasteiger partial charge >= 0.3 is 0 Å². The van der Waals surface area contributed by atoms with Gasteiger partial charge in [0.1, 0.15) is 17.6 Å². The highest BCUT2D eigenvalue weighted by Gasteiger charge is 2.16. The van der Waals surface area contributed by atoms with Crippen molar-refractivity contribution >= 4 is 0 Å². The van der Waals surface area contributed by atoms with Crippen LogP contribution in [0, 0.1) is 6.92 Å². The molecule has 0 saturated carbocycles. The molecule has 3 heteroatoms. The first-order valence-corrected chi connectivity index (χ1v) is 5.39. The number of furan rings is 1. The highest BCUT2D eigenvalue weighted by Crippen LogP contribution is 2.25. The van der Waals surface area contributed by atoms with Gasteiger partial charge in [0.15, 0.2) is 0 Å². The van der Waals surface area contributed by atoms with Gasteiger partial charge in [0.2, 0.25) is 0 Å². The van der Waals surface area contributed by atoms with Crippen LogP contribution in [0.15, 0.2) is 35.0 Å². The van der Waals surface area contributed by atoms with Crippen LogP contribution in [-0.2, 0) is 6.42 Å². The maximum atomic E-state index is 10.1. The molecule has 0 spiro atoms. The molecule has 0 amide bonds. The summed E-state index contributed by atoms with van der Waals surface area (Å²) >= 11 is 0. The van der Waals surface area contributed by atoms with Crippen LogP contribution in [0.25, 0.3) is 0 Å². The summed E-state index contributed by atoms with van der Waals surface area (Å²) in [6, 6.07) is 5.59. The number of aliphatic hydroxyl groups is 1. The quantitative estimate of drug-likeness (QED) is 0.859. The van der Waals surface area contributed by atoms with Crippen LogP contribution < -0.4 is 0 Å². The van der Waals surface area contributed by atoms with Gasteiger partial charge in [0, 0.05) is 24.4 Å². The lowest BCUT2D eigenvalue weighted by atomic mass is 10.1. The molecular formula is C13H15NO2. The SMILES string of the molecule is CCc1ccc(C(O)c2cnccc2C)o1. The highest BCUT2D eigenvalue weighted by molar-refractivity contribution is 5.29. The fourth-order valence-electron chi connectivity index (χ4n) is 1.65. The number of aliphatic hydroxyl groups excluding tert-OH is 1. The highest BCUT2D eigenvalue weighted by atomic mass is 16.4. The second kappa shape index (κ2) is 4.49. The molecule has 2 aromatic heterocycles. The van der Waals surface area contributed by atoms with E-state index in [1.54, 1.807) is 12.4 Å². The van der Waals surface area contributed by atoms with E-state index in [1.807, 2.05) is 32.0 Å². The fourth-order valence-corrected chi connectivity index (χ4v) is 1.65. The molecule has 0 aliphatic rings. The van der Waals surface area contributed by atoms with Crippen LogP contribution in [0.3, 0.4) is 0 Å². The minimum absolute atomic E-state index is 0.577. The Balaban J connectivity index is 2.31.